The van der Waals surface area contributed by atoms with Crippen molar-refractivity contribution >= 4 is 22.2 Å². The SMILES string of the molecule is Brc1ccccc1.COC.O=CC1CCCC1. The maximum Gasteiger partial charge on any atom is 0.123 e. The largest absolute Gasteiger partial charge is 0.388 e. The van der Waals surface area contributed by atoms with E-state index in [1.807, 2.05) is 30.3 Å². The summed E-state index contributed by atoms with van der Waals surface area (Å²) in [5.41, 5.74) is 0. The second-order valence-electron chi connectivity index (χ2n) is 3.88. The predicted molar refractivity (Wildman–Crippen MR) is 75.1 cm³/mol. The molecule has 1 saturated carbocycles. The number of methoxy groups -OCH3 is 1. The fourth-order valence-electron chi connectivity index (χ4n) is 1.51. The molecular weight excluding hydrogens is 280 g/mol. The first-order valence-corrected chi connectivity index (χ1v) is 6.59. The second-order valence-corrected chi connectivity index (χ2v) is 4.80. The molecule has 2 rings (SSSR count). The molecule has 0 N–H and O–H groups in total. The molecule has 1 aromatic rings. The van der Waals surface area contributed by atoms with Gasteiger partial charge in [0.1, 0.15) is 6.29 Å². The Morgan fingerprint density at radius 1 is 1.18 bits per heavy atom. The molecule has 0 radical (unpaired) electrons. The molecule has 96 valence electrons. The van der Waals surface area contributed by atoms with E-state index in [0.717, 1.165) is 23.6 Å². The molecular formula is C14H21BrO2. The minimum atomic E-state index is 0.417. The van der Waals surface area contributed by atoms with E-state index < -0.39 is 0 Å². The zero-order chi connectivity index (χ0) is 12.9. The van der Waals surface area contributed by atoms with Gasteiger partial charge in [0.2, 0.25) is 0 Å². The van der Waals surface area contributed by atoms with Gasteiger partial charge in [-0.25, -0.2) is 0 Å². The van der Waals surface area contributed by atoms with Gasteiger partial charge in [0.15, 0.2) is 0 Å². The van der Waals surface area contributed by atoms with Gasteiger partial charge in [-0.15, -0.1) is 0 Å². The molecule has 2 nitrogen and oxygen atoms in total. The number of hydrogen-bond donors (Lipinski definition) is 0. The van der Waals surface area contributed by atoms with Crippen LogP contribution in [0.5, 0.6) is 0 Å². The van der Waals surface area contributed by atoms with Crippen LogP contribution < -0.4 is 0 Å². The van der Waals surface area contributed by atoms with Crippen LogP contribution in [0.15, 0.2) is 34.8 Å². The Morgan fingerprint density at radius 2 is 1.65 bits per heavy atom. The van der Waals surface area contributed by atoms with E-state index in [2.05, 4.69) is 20.7 Å². The van der Waals surface area contributed by atoms with Crippen LogP contribution >= 0.6 is 15.9 Å². The van der Waals surface area contributed by atoms with Gasteiger partial charge in [0, 0.05) is 24.6 Å². The van der Waals surface area contributed by atoms with Crippen LogP contribution in [0.4, 0.5) is 0 Å². The molecule has 0 aliphatic heterocycles. The third-order valence-corrected chi connectivity index (χ3v) is 2.85. The van der Waals surface area contributed by atoms with Gasteiger partial charge < -0.3 is 9.53 Å². The number of halogens is 1. The molecule has 1 aliphatic carbocycles. The summed E-state index contributed by atoms with van der Waals surface area (Å²) < 4.78 is 5.38. The van der Waals surface area contributed by atoms with Gasteiger partial charge in [0.25, 0.3) is 0 Å². The van der Waals surface area contributed by atoms with Gasteiger partial charge in [-0.05, 0) is 25.0 Å². The van der Waals surface area contributed by atoms with Crippen molar-refractivity contribution in [3.63, 3.8) is 0 Å². The van der Waals surface area contributed by atoms with Crippen molar-refractivity contribution in [3.8, 4) is 0 Å². The first-order valence-electron chi connectivity index (χ1n) is 5.80. The van der Waals surface area contributed by atoms with Crippen molar-refractivity contribution < 1.29 is 9.53 Å². The fourth-order valence-corrected chi connectivity index (χ4v) is 1.81. The average molecular weight is 301 g/mol. The number of carbonyl (C=O) groups excluding carboxylic acids is 1. The maximum atomic E-state index is 10.0. The van der Waals surface area contributed by atoms with Crippen LogP contribution in [0.3, 0.4) is 0 Å². The molecule has 0 heterocycles. The number of benzene rings is 1. The first kappa shape index (κ1) is 16.3. The monoisotopic (exact) mass is 300 g/mol. The third-order valence-electron chi connectivity index (χ3n) is 2.33. The third kappa shape index (κ3) is 10.2. The Morgan fingerprint density at radius 3 is 1.88 bits per heavy atom. The smallest absolute Gasteiger partial charge is 0.123 e. The predicted octanol–water partition coefficient (Wildman–Crippen LogP) is 4.09. The van der Waals surface area contributed by atoms with E-state index in [1.54, 1.807) is 14.2 Å². The van der Waals surface area contributed by atoms with Crippen molar-refractivity contribution in [2.24, 2.45) is 5.92 Å². The number of rotatable bonds is 1. The van der Waals surface area contributed by atoms with E-state index in [9.17, 15) is 4.79 Å². The summed E-state index contributed by atoms with van der Waals surface area (Å²) in [6, 6.07) is 9.97. The Hall–Kier alpha value is -0.670. The van der Waals surface area contributed by atoms with Gasteiger partial charge in [0.05, 0.1) is 0 Å². The van der Waals surface area contributed by atoms with Gasteiger partial charge in [-0.3, -0.25) is 0 Å². The van der Waals surface area contributed by atoms with Crippen molar-refractivity contribution in [1.29, 1.82) is 0 Å². The quantitative estimate of drug-likeness (QED) is 0.730. The van der Waals surface area contributed by atoms with Crippen LogP contribution in [-0.2, 0) is 9.53 Å². The minimum Gasteiger partial charge on any atom is -0.388 e. The number of ether oxygens (including phenoxy) is 1. The summed E-state index contributed by atoms with van der Waals surface area (Å²) >= 11 is 3.31. The normalized spacial score (nSPS) is 14.1. The van der Waals surface area contributed by atoms with Crippen LogP contribution in [0.1, 0.15) is 25.7 Å². The fraction of sp³-hybridized carbons (Fsp3) is 0.500. The molecule has 0 unspecified atom stereocenters. The van der Waals surface area contributed by atoms with E-state index >= 15 is 0 Å². The highest BCUT2D eigenvalue weighted by atomic mass is 79.9. The summed E-state index contributed by atoms with van der Waals surface area (Å²) in [5, 5.41) is 0. The molecule has 0 aromatic heterocycles. The average Bonchev–Trinajstić information content (AvgIpc) is 2.85. The van der Waals surface area contributed by atoms with Crippen molar-refractivity contribution in [2.75, 3.05) is 14.2 Å². The van der Waals surface area contributed by atoms with Gasteiger partial charge >= 0.3 is 0 Å². The highest BCUT2D eigenvalue weighted by Gasteiger charge is 2.12. The van der Waals surface area contributed by atoms with Crippen LogP contribution in [0.2, 0.25) is 0 Å². The summed E-state index contributed by atoms with van der Waals surface area (Å²) in [6.45, 7) is 0. The number of hydrogen-bond acceptors (Lipinski definition) is 2. The van der Waals surface area contributed by atoms with Gasteiger partial charge in [-0.2, -0.15) is 0 Å². The lowest BCUT2D eigenvalue weighted by atomic mass is 10.1. The highest BCUT2D eigenvalue weighted by Crippen LogP contribution is 2.21. The van der Waals surface area contributed by atoms with E-state index in [-0.39, 0.29) is 0 Å². The summed E-state index contributed by atoms with van der Waals surface area (Å²) in [4.78, 5) is 10.0. The lowest BCUT2D eigenvalue weighted by molar-refractivity contribution is -0.110. The zero-order valence-electron chi connectivity index (χ0n) is 10.6. The topological polar surface area (TPSA) is 26.3 Å². The maximum absolute atomic E-state index is 10.0. The second kappa shape index (κ2) is 11.8. The molecule has 1 fully saturated rings. The van der Waals surface area contributed by atoms with E-state index in [1.165, 1.54) is 12.8 Å². The lowest BCUT2D eigenvalue weighted by Crippen LogP contribution is -1.91. The van der Waals surface area contributed by atoms with Crippen molar-refractivity contribution in [2.45, 2.75) is 25.7 Å². The lowest BCUT2D eigenvalue weighted by Gasteiger charge is -1.90. The minimum absolute atomic E-state index is 0.417. The molecule has 1 aliphatic rings. The zero-order valence-corrected chi connectivity index (χ0v) is 12.2. The standard InChI is InChI=1S/C6H5Br.C6H10O.C2H6O/c7-6-4-2-1-3-5-6;7-5-6-3-1-2-4-6;1-3-2/h1-5H;5-6H,1-4H2;1-2H3. The highest BCUT2D eigenvalue weighted by molar-refractivity contribution is 9.10. The van der Waals surface area contributed by atoms with Crippen LogP contribution in [-0.4, -0.2) is 20.5 Å². The summed E-state index contributed by atoms with van der Waals surface area (Å²) in [7, 11) is 3.25. The van der Waals surface area contributed by atoms with Crippen molar-refractivity contribution in [1.82, 2.24) is 0 Å². The van der Waals surface area contributed by atoms with Gasteiger partial charge in [-0.1, -0.05) is 47.0 Å². The summed E-state index contributed by atoms with van der Waals surface area (Å²) in [5.74, 6) is 0.417. The number of carbonyl (C=O) groups is 1. The molecule has 0 amide bonds. The number of aldehydes is 1. The molecule has 3 heteroatoms. The molecule has 0 atom stereocenters. The van der Waals surface area contributed by atoms with Crippen LogP contribution in [0, 0.1) is 5.92 Å². The Balaban J connectivity index is 0.000000247. The molecule has 0 saturated heterocycles. The Kier molecular flexibility index (Phi) is 11.3. The van der Waals surface area contributed by atoms with Crippen molar-refractivity contribution in [3.05, 3.63) is 34.8 Å². The molecule has 0 bridgehead atoms. The molecule has 1 aromatic carbocycles. The van der Waals surface area contributed by atoms with E-state index in [0.29, 0.717) is 5.92 Å². The Bertz CT molecular complexity index is 269. The first-order chi connectivity index (χ1) is 8.24. The molecule has 0 spiro atoms. The molecule has 17 heavy (non-hydrogen) atoms. The van der Waals surface area contributed by atoms with E-state index in [4.69, 9.17) is 0 Å². The van der Waals surface area contributed by atoms with Crippen LogP contribution in [0.25, 0.3) is 0 Å². The Labute approximate surface area is 112 Å². The summed E-state index contributed by atoms with van der Waals surface area (Å²) in [6.07, 6.45) is 5.91.